The minimum atomic E-state index is -4.40. The molecule has 0 saturated carbocycles. The Hall–Kier alpha value is -3.63. The largest absolute Gasteiger partial charge is 0.369 e. The predicted molar refractivity (Wildman–Crippen MR) is 162 cm³/mol. The van der Waals surface area contributed by atoms with Crippen LogP contribution >= 0.6 is 0 Å². The molecule has 15 heteroatoms. The lowest BCUT2D eigenvalue weighted by Crippen LogP contribution is -2.64. The first-order valence-corrected chi connectivity index (χ1v) is 17.6. The van der Waals surface area contributed by atoms with Crippen molar-refractivity contribution in [1.82, 2.24) is 20.1 Å². The number of halogens is 2. The van der Waals surface area contributed by atoms with Gasteiger partial charge in [-0.2, -0.15) is 0 Å². The summed E-state index contributed by atoms with van der Waals surface area (Å²) in [6.07, 6.45) is 3.91. The first kappa shape index (κ1) is 31.4. The van der Waals surface area contributed by atoms with Crippen molar-refractivity contribution in [1.29, 1.82) is 0 Å². The van der Waals surface area contributed by atoms with Gasteiger partial charge in [0.15, 0.2) is 24.0 Å². The van der Waals surface area contributed by atoms with Crippen LogP contribution in [-0.2, 0) is 35.6 Å². The molecule has 3 aliphatic rings. The number of sulfone groups is 2. The van der Waals surface area contributed by atoms with Gasteiger partial charge in [0.25, 0.3) is 0 Å². The van der Waals surface area contributed by atoms with Crippen LogP contribution in [0.1, 0.15) is 11.3 Å². The Bertz CT molecular complexity index is 1700. The minimum absolute atomic E-state index is 0.138. The molecule has 2 aromatic carbocycles. The van der Waals surface area contributed by atoms with Gasteiger partial charge in [-0.1, -0.05) is 36.4 Å². The molecular formula is C30H33F2N5O6S2. The lowest BCUT2D eigenvalue weighted by molar-refractivity contribution is -0.135. The van der Waals surface area contributed by atoms with E-state index in [-0.39, 0.29) is 18.8 Å². The van der Waals surface area contributed by atoms with Gasteiger partial charge in [0.2, 0.25) is 19.7 Å². The molecule has 0 bridgehead atoms. The number of hydrogen-bond donors (Lipinski definition) is 1. The first-order valence-electron chi connectivity index (χ1n) is 14.3. The quantitative estimate of drug-likeness (QED) is 0.345. The summed E-state index contributed by atoms with van der Waals surface area (Å²) in [5, 5.41) is 3.60. The Morgan fingerprint density at radius 2 is 1.56 bits per heavy atom. The summed E-state index contributed by atoms with van der Waals surface area (Å²) in [5.74, 6) is 0. The number of nitrogens with zero attached hydrogens (tertiary/aromatic N) is 4. The molecule has 0 amide bonds. The number of rotatable bonds is 10. The number of ether oxygens (including phenoxy) is 2. The van der Waals surface area contributed by atoms with Crippen molar-refractivity contribution in [2.45, 2.75) is 28.2 Å². The fourth-order valence-electron chi connectivity index (χ4n) is 5.83. The molecule has 0 radical (unpaired) electrons. The van der Waals surface area contributed by atoms with Gasteiger partial charge in [0.05, 0.1) is 27.8 Å². The Morgan fingerprint density at radius 3 is 2.13 bits per heavy atom. The van der Waals surface area contributed by atoms with E-state index in [0.717, 1.165) is 23.0 Å². The third-order valence-electron chi connectivity index (χ3n) is 8.18. The van der Waals surface area contributed by atoms with E-state index in [1.54, 1.807) is 6.20 Å². The van der Waals surface area contributed by atoms with Gasteiger partial charge < -0.3 is 24.6 Å². The molecule has 1 N–H and O–H groups in total. The number of hydrogen-bond acceptors (Lipinski definition) is 11. The zero-order chi connectivity index (χ0) is 31.7. The Labute approximate surface area is 260 Å². The van der Waals surface area contributed by atoms with Crippen LogP contribution in [0.4, 0.5) is 14.5 Å². The highest BCUT2D eigenvalue weighted by molar-refractivity contribution is 7.92. The topological polar surface area (TPSA) is 121 Å². The maximum atomic E-state index is 13.4. The molecule has 2 unspecified atom stereocenters. The summed E-state index contributed by atoms with van der Waals surface area (Å²) in [5.41, 5.74) is 2.07. The maximum absolute atomic E-state index is 13.4. The van der Waals surface area contributed by atoms with Crippen LogP contribution in [0.25, 0.3) is 5.70 Å². The fourth-order valence-corrected chi connectivity index (χ4v) is 7.37. The molecule has 3 aromatic rings. The van der Waals surface area contributed by atoms with Gasteiger partial charge in [-0.25, -0.2) is 25.6 Å². The maximum Gasteiger partial charge on any atom is 0.207 e. The number of benzene rings is 2. The van der Waals surface area contributed by atoms with Crippen LogP contribution < -0.4 is 10.2 Å². The van der Waals surface area contributed by atoms with Crippen LogP contribution in [0.5, 0.6) is 0 Å². The van der Waals surface area contributed by atoms with E-state index in [0.29, 0.717) is 39.2 Å². The van der Waals surface area contributed by atoms with Crippen molar-refractivity contribution in [3.05, 3.63) is 90.4 Å². The predicted octanol–water partition coefficient (Wildman–Crippen LogP) is 2.74. The van der Waals surface area contributed by atoms with E-state index in [4.69, 9.17) is 9.47 Å². The molecule has 240 valence electrons. The summed E-state index contributed by atoms with van der Waals surface area (Å²) < 4.78 is 88.3. The first-order chi connectivity index (χ1) is 21.6. The summed E-state index contributed by atoms with van der Waals surface area (Å²) in [6.45, 7) is 2.17. The Balaban J connectivity index is 1.28. The molecule has 2 fully saturated rings. The molecule has 2 atom stereocenters. The summed E-state index contributed by atoms with van der Waals surface area (Å²) in [7, 11) is -8.80. The molecule has 1 aromatic heterocycles. The van der Waals surface area contributed by atoms with Crippen molar-refractivity contribution in [2.24, 2.45) is 0 Å². The molecule has 45 heavy (non-hydrogen) atoms. The van der Waals surface area contributed by atoms with Crippen LogP contribution in [0, 0.1) is 0 Å². The van der Waals surface area contributed by atoms with Crippen molar-refractivity contribution in [3.63, 3.8) is 0 Å². The zero-order valence-electron chi connectivity index (χ0n) is 24.3. The van der Waals surface area contributed by atoms with Gasteiger partial charge in [-0.05, 0) is 35.9 Å². The molecule has 6 rings (SSSR count). The number of anilines is 1. The highest BCUT2D eigenvalue weighted by Gasteiger charge is 2.48. The van der Waals surface area contributed by atoms with Crippen LogP contribution in [0.3, 0.4) is 0 Å². The second kappa shape index (κ2) is 12.6. The smallest absolute Gasteiger partial charge is 0.207 e. The molecule has 11 nitrogen and oxygen atoms in total. The molecule has 0 spiro atoms. The third-order valence-corrected chi connectivity index (χ3v) is 10.7. The number of pyridine rings is 1. The van der Waals surface area contributed by atoms with E-state index in [1.807, 2.05) is 59.6 Å². The molecule has 2 saturated heterocycles. The van der Waals surface area contributed by atoms with Crippen molar-refractivity contribution < 1.29 is 35.1 Å². The highest BCUT2D eigenvalue weighted by atomic mass is 32.2. The van der Waals surface area contributed by atoms with E-state index in [1.165, 1.54) is 12.1 Å². The van der Waals surface area contributed by atoms with Crippen molar-refractivity contribution in [3.8, 4) is 0 Å². The monoisotopic (exact) mass is 661 g/mol. The Kier molecular flexibility index (Phi) is 8.81. The average molecular weight is 662 g/mol. The molecule has 4 heterocycles. The SMILES string of the molecule is O=S(=O)(CF)c1cc(N2CCN(C3NC(c4ccccn4)=CN3C3(Cc4ccccc4)COCO3)CC2)cc(S(=O)(=O)CF)c1. The minimum Gasteiger partial charge on any atom is -0.369 e. The lowest BCUT2D eigenvalue weighted by atomic mass is 10.0. The molecule has 0 aliphatic carbocycles. The normalized spacial score (nSPS) is 22.8. The standard InChI is InChI=1S/C30H33F2N5O6S2/c31-20-44(38,39)25-14-24(15-26(16-25)45(40,41)21-32)35-10-12-36(13-11-35)29-34-28(27-8-4-5-9-33-27)18-37(29)30(19-42-22-43-30)17-23-6-2-1-3-7-23/h1-9,14-16,18,29,34H,10-13,17,19-22H2. The van der Waals surface area contributed by atoms with Gasteiger partial charge >= 0.3 is 0 Å². The van der Waals surface area contributed by atoms with E-state index in [9.17, 15) is 25.6 Å². The summed E-state index contributed by atoms with van der Waals surface area (Å²) in [6, 6.07) is 15.5. The summed E-state index contributed by atoms with van der Waals surface area (Å²) in [4.78, 5) is 9.63. The second-order valence-electron chi connectivity index (χ2n) is 11.0. The van der Waals surface area contributed by atoms with Gasteiger partial charge in [-0.15, -0.1) is 0 Å². The van der Waals surface area contributed by atoms with Crippen LogP contribution in [0.15, 0.2) is 88.9 Å². The number of piperazine rings is 1. The van der Waals surface area contributed by atoms with Gasteiger partial charge in [0, 0.05) is 50.7 Å². The summed E-state index contributed by atoms with van der Waals surface area (Å²) >= 11 is 0. The van der Waals surface area contributed by atoms with Gasteiger partial charge in [0.1, 0.15) is 6.79 Å². The number of alkyl halides is 2. The van der Waals surface area contributed by atoms with E-state index < -0.39 is 47.2 Å². The second-order valence-corrected chi connectivity index (χ2v) is 14.9. The molecular weight excluding hydrogens is 628 g/mol. The van der Waals surface area contributed by atoms with Gasteiger partial charge in [-0.3, -0.25) is 9.88 Å². The number of nitrogens with one attached hydrogen (secondary N) is 1. The van der Waals surface area contributed by atoms with Crippen LogP contribution in [-0.4, -0.2) is 95.2 Å². The average Bonchev–Trinajstić information content (AvgIpc) is 3.74. The van der Waals surface area contributed by atoms with Crippen LogP contribution in [0.2, 0.25) is 0 Å². The van der Waals surface area contributed by atoms with E-state index in [2.05, 4.69) is 20.1 Å². The Morgan fingerprint density at radius 1 is 0.889 bits per heavy atom. The van der Waals surface area contributed by atoms with Crippen molar-refractivity contribution >= 4 is 31.1 Å². The highest BCUT2D eigenvalue weighted by Crippen LogP contribution is 2.36. The third kappa shape index (κ3) is 6.40. The molecule has 3 aliphatic heterocycles. The van der Waals surface area contributed by atoms with Crippen molar-refractivity contribution in [2.75, 3.05) is 56.5 Å². The lowest BCUT2D eigenvalue weighted by Gasteiger charge is -2.47. The fraction of sp³-hybridized carbons (Fsp3) is 0.367. The van der Waals surface area contributed by atoms with E-state index >= 15 is 0 Å². The zero-order valence-corrected chi connectivity index (χ0v) is 25.9. The number of aromatic nitrogens is 1.